The van der Waals surface area contributed by atoms with Crippen molar-refractivity contribution in [3.8, 4) is 11.5 Å². The number of benzene rings is 3. The molecule has 0 spiro atoms. The number of aliphatic imine (C=N–C) groups is 1. The Bertz CT molecular complexity index is 1960. The van der Waals surface area contributed by atoms with E-state index in [0.717, 1.165) is 28.2 Å². The first kappa shape index (κ1) is 31.1. The highest BCUT2D eigenvalue weighted by molar-refractivity contribution is 6.13. The van der Waals surface area contributed by atoms with E-state index in [1.807, 2.05) is 69.3 Å². The molecule has 3 N–H and O–H groups in total. The Labute approximate surface area is 262 Å². The molecule has 0 fully saturated rings. The van der Waals surface area contributed by atoms with Gasteiger partial charge in [0.05, 0.1) is 5.71 Å². The molecular weight excluding hydrogens is 566 g/mol. The third kappa shape index (κ3) is 6.60. The number of hydrogen-bond donors (Lipinski definition) is 3. The average Bonchev–Trinajstić information content (AvgIpc) is 3.66. The van der Waals surface area contributed by atoms with Gasteiger partial charge in [0.25, 0.3) is 0 Å². The number of fused-ring (bicyclic) bond motifs is 1. The molecule has 6 nitrogen and oxygen atoms in total. The number of halogens is 2. The highest BCUT2D eigenvalue weighted by Gasteiger charge is 2.24. The Morgan fingerprint density at radius 1 is 1.04 bits per heavy atom. The Kier molecular flexibility index (Phi) is 9.33. The highest BCUT2D eigenvalue weighted by Crippen LogP contribution is 2.33. The van der Waals surface area contributed by atoms with E-state index >= 15 is 4.39 Å². The van der Waals surface area contributed by atoms with Gasteiger partial charge in [0.2, 0.25) is 0 Å². The molecule has 0 saturated carbocycles. The topological polar surface area (TPSA) is 81.8 Å². The SMILES string of the molecule is C=C/C(=C\C(=C/C)c1cc(F)c2n[nH]c(-c3nc(C(=NC)c4ccccc4F)c(C(C)C)[nH]3)c2c1)NC(=C)Cc1ccccc1. The summed E-state index contributed by atoms with van der Waals surface area (Å²) < 4.78 is 30.3. The fourth-order valence-corrected chi connectivity index (χ4v) is 5.27. The molecule has 0 radical (unpaired) electrons. The van der Waals surface area contributed by atoms with E-state index in [-0.39, 0.29) is 17.3 Å². The molecule has 0 unspecified atom stereocenters. The van der Waals surface area contributed by atoms with E-state index in [2.05, 4.69) is 38.6 Å². The van der Waals surface area contributed by atoms with Gasteiger partial charge in [0, 0.05) is 41.5 Å². The molecule has 8 heteroatoms. The molecule has 3 aromatic carbocycles. The molecule has 0 aliphatic carbocycles. The van der Waals surface area contributed by atoms with Crippen LogP contribution in [-0.4, -0.2) is 32.9 Å². The minimum atomic E-state index is -0.475. The van der Waals surface area contributed by atoms with E-state index in [4.69, 9.17) is 4.98 Å². The molecule has 228 valence electrons. The molecule has 0 aliphatic heterocycles. The van der Waals surface area contributed by atoms with Crippen molar-refractivity contribution in [1.82, 2.24) is 25.5 Å². The maximum Gasteiger partial charge on any atom is 0.157 e. The van der Waals surface area contributed by atoms with Gasteiger partial charge in [-0.15, -0.1) is 0 Å². The zero-order valence-corrected chi connectivity index (χ0v) is 25.9. The number of hydrogen-bond acceptors (Lipinski definition) is 4. The first-order valence-corrected chi connectivity index (χ1v) is 14.7. The summed E-state index contributed by atoms with van der Waals surface area (Å²) in [4.78, 5) is 12.6. The maximum atomic E-state index is 15.5. The van der Waals surface area contributed by atoms with Crippen molar-refractivity contribution in [2.45, 2.75) is 33.1 Å². The molecule has 45 heavy (non-hydrogen) atoms. The zero-order chi connectivity index (χ0) is 32.1. The van der Waals surface area contributed by atoms with E-state index in [9.17, 15) is 4.39 Å². The minimum absolute atomic E-state index is 0.0208. The van der Waals surface area contributed by atoms with Gasteiger partial charge in [-0.2, -0.15) is 5.10 Å². The zero-order valence-electron chi connectivity index (χ0n) is 25.9. The van der Waals surface area contributed by atoms with Crippen LogP contribution < -0.4 is 5.32 Å². The second kappa shape index (κ2) is 13.5. The van der Waals surface area contributed by atoms with Crippen LogP contribution in [0.3, 0.4) is 0 Å². The lowest BCUT2D eigenvalue weighted by molar-refractivity contribution is 0.625. The Hall–Kier alpha value is -5.37. The second-order valence-corrected chi connectivity index (χ2v) is 10.9. The number of H-pyrrole nitrogens is 2. The summed E-state index contributed by atoms with van der Waals surface area (Å²) in [6.07, 6.45) is 6.18. The summed E-state index contributed by atoms with van der Waals surface area (Å²) in [6.45, 7) is 14.1. The molecule has 2 heterocycles. The van der Waals surface area contributed by atoms with Gasteiger partial charge in [-0.05, 0) is 66.0 Å². The number of aromatic amines is 2. The average molecular weight is 603 g/mol. The molecule has 0 bridgehead atoms. The van der Waals surface area contributed by atoms with Gasteiger partial charge in [-0.3, -0.25) is 10.1 Å². The Morgan fingerprint density at radius 2 is 1.78 bits per heavy atom. The Morgan fingerprint density at radius 3 is 2.44 bits per heavy atom. The van der Waals surface area contributed by atoms with Crippen LogP contribution in [-0.2, 0) is 6.42 Å². The van der Waals surface area contributed by atoms with Crippen LogP contribution in [0.2, 0.25) is 0 Å². The van der Waals surface area contributed by atoms with Crippen molar-refractivity contribution < 1.29 is 8.78 Å². The molecule has 0 atom stereocenters. The van der Waals surface area contributed by atoms with Gasteiger partial charge in [-0.1, -0.05) is 75.5 Å². The Balaban J connectivity index is 1.53. The van der Waals surface area contributed by atoms with Crippen molar-refractivity contribution in [1.29, 1.82) is 0 Å². The molecule has 0 amide bonds. The molecular formula is C37H36F2N6. The summed E-state index contributed by atoms with van der Waals surface area (Å²) in [6, 6.07) is 19.9. The molecule has 2 aromatic heterocycles. The van der Waals surface area contributed by atoms with Crippen LogP contribution in [0.5, 0.6) is 0 Å². The van der Waals surface area contributed by atoms with E-state index in [1.54, 1.807) is 31.3 Å². The summed E-state index contributed by atoms with van der Waals surface area (Å²) in [5, 5.41) is 11.1. The summed E-state index contributed by atoms with van der Waals surface area (Å²) in [7, 11) is 1.61. The number of aromatic nitrogens is 4. The predicted octanol–water partition coefficient (Wildman–Crippen LogP) is 8.64. The van der Waals surface area contributed by atoms with Crippen LogP contribution in [0.4, 0.5) is 8.78 Å². The maximum absolute atomic E-state index is 15.5. The fourth-order valence-electron chi connectivity index (χ4n) is 5.27. The van der Waals surface area contributed by atoms with Gasteiger partial charge < -0.3 is 10.3 Å². The first-order chi connectivity index (χ1) is 21.7. The fraction of sp³-hybridized carbons (Fsp3) is 0.162. The van der Waals surface area contributed by atoms with Crippen molar-refractivity contribution in [3.05, 3.63) is 149 Å². The number of nitrogens with zero attached hydrogens (tertiary/aromatic N) is 3. The quantitative estimate of drug-likeness (QED) is 0.105. The number of imidazole rings is 1. The third-order valence-electron chi connectivity index (χ3n) is 7.49. The molecule has 5 rings (SSSR count). The predicted molar refractivity (Wildman–Crippen MR) is 180 cm³/mol. The van der Waals surface area contributed by atoms with Crippen molar-refractivity contribution in [2.24, 2.45) is 4.99 Å². The van der Waals surface area contributed by atoms with Crippen molar-refractivity contribution in [2.75, 3.05) is 7.05 Å². The smallest absolute Gasteiger partial charge is 0.157 e. The lowest BCUT2D eigenvalue weighted by Gasteiger charge is -2.12. The van der Waals surface area contributed by atoms with Crippen LogP contribution >= 0.6 is 0 Å². The molecule has 0 saturated heterocycles. The normalized spacial score (nSPS) is 12.6. The standard InChI is InChI=1S/C37H36F2N6/c1-7-25(19-27(8-2)41-23(5)18-24-14-10-9-11-15-24)26-20-29-33(31(39)21-26)44-45-35(29)37-42-32(22(3)4)36(43-37)34(40-6)28-16-12-13-17-30(28)38/h7-17,19-22,41H,2,5,18H2,1,3-4,6H3,(H,42,43)(H,44,45)/b25-7+,27-19+,40-34?. The summed E-state index contributed by atoms with van der Waals surface area (Å²) in [5.74, 6) is -0.390. The van der Waals surface area contributed by atoms with Crippen LogP contribution in [0.1, 0.15) is 54.8 Å². The van der Waals surface area contributed by atoms with E-state index in [0.29, 0.717) is 45.9 Å². The number of rotatable bonds is 11. The third-order valence-corrected chi connectivity index (χ3v) is 7.49. The van der Waals surface area contributed by atoms with Gasteiger partial charge in [-0.25, -0.2) is 13.8 Å². The van der Waals surface area contributed by atoms with Crippen molar-refractivity contribution in [3.63, 3.8) is 0 Å². The molecule has 5 aromatic rings. The second-order valence-electron chi connectivity index (χ2n) is 10.9. The highest BCUT2D eigenvalue weighted by atomic mass is 19.1. The van der Waals surface area contributed by atoms with Crippen molar-refractivity contribution >= 4 is 22.2 Å². The van der Waals surface area contributed by atoms with E-state index < -0.39 is 5.82 Å². The largest absolute Gasteiger partial charge is 0.359 e. The summed E-state index contributed by atoms with van der Waals surface area (Å²) >= 11 is 0. The van der Waals surface area contributed by atoms with Crippen LogP contribution in [0.25, 0.3) is 28.0 Å². The monoisotopic (exact) mass is 602 g/mol. The lowest BCUT2D eigenvalue weighted by Crippen LogP contribution is -2.12. The van der Waals surface area contributed by atoms with Gasteiger partial charge in [0.1, 0.15) is 22.7 Å². The molecule has 0 aliphatic rings. The van der Waals surface area contributed by atoms with Crippen LogP contribution in [0, 0.1) is 11.6 Å². The minimum Gasteiger partial charge on any atom is -0.359 e. The number of nitrogens with one attached hydrogen (secondary N) is 3. The summed E-state index contributed by atoms with van der Waals surface area (Å²) in [5.41, 5.74) is 6.89. The van der Waals surface area contributed by atoms with E-state index in [1.165, 1.54) is 12.1 Å². The van der Waals surface area contributed by atoms with Crippen LogP contribution in [0.15, 0.2) is 115 Å². The lowest BCUT2D eigenvalue weighted by atomic mass is 10.0. The van der Waals surface area contributed by atoms with Gasteiger partial charge in [0.15, 0.2) is 11.6 Å². The number of allylic oxidation sites excluding steroid dienone is 5. The van der Waals surface area contributed by atoms with Gasteiger partial charge >= 0.3 is 0 Å². The first-order valence-electron chi connectivity index (χ1n) is 14.7.